The number of carbonyl (C=O) groups excluding carboxylic acids is 2. The summed E-state index contributed by atoms with van der Waals surface area (Å²) < 4.78 is 5.17. The van der Waals surface area contributed by atoms with E-state index in [1.807, 2.05) is 23.1 Å². The zero-order valence-corrected chi connectivity index (χ0v) is 14.2. The number of anilines is 1. The van der Waals surface area contributed by atoms with Gasteiger partial charge in [-0.25, -0.2) is 0 Å². The first-order chi connectivity index (χ1) is 11.7. The van der Waals surface area contributed by atoms with Crippen molar-refractivity contribution in [1.29, 1.82) is 0 Å². The van der Waals surface area contributed by atoms with E-state index in [0.29, 0.717) is 13.0 Å². The van der Waals surface area contributed by atoms with Gasteiger partial charge < -0.3 is 15.0 Å². The molecule has 0 bridgehead atoms. The molecule has 2 fully saturated rings. The van der Waals surface area contributed by atoms with Crippen molar-refractivity contribution < 1.29 is 14.3 Å². The van der Waals surface area contributed by atoms with Gasteiger partial charge in [0.05, 0.1) is 13.7 Å². The molecule has 0 spiro atoms. The van der Waals surface area contributed by atoms with Crippen LogP contribution in [0.3, 0.4) is 0 Å². The smallest absolute Gasteiger partial charge is 0.238 e. The minimum Gasteiger partial charge on any atom is -0.497 e. The maximum absolute atomic E-state index is 12.3. The number of piperidine rings is 1. The van der Waals surface area contributed by atoms with Crippen LogP contribution in [0.1, 0.15) is 25.7 Å². The Labute approximate surface area is 142 Å². The standard InChI is InChI=1S/C18H25N3O3/c1-24-16-7-2-5-14(11-16)19-17(22)13-20-9-3-6-15(12-20)21-10-4-8-18(21)23/h2,5,7,11,15H,3-4,6,8-10,12-13H2,1H3,(H,19,22). The second kappa shape index (κ2) is 7.66. The van der Waals surface area contributed by atoms with E-state index in [9.17, 15) is 9.59 Å². The highest BCUT2D eigenvalue weighted by atomic mass is 16.5. The third kappa shape index (κ3) is 4.06. The molecule has 3 rings (SSSR count). The Bertz CT molecular complexity index is 605. The second-order valence-corrected chi connectivity index (χ2v) is 6.50. The molecule has 1 aromatic carbocycles. The van der Waals surface area contributed by atoms with Crippen molar-refractivity contribution in [3.8, 4) is 5.75 Å². The average Bonchev–Trinajstić information content (AvgIpc) is 3.01. The van der Waals surface area contributed by atoms with E-state index < -0.39 is 0 Å². The Morgan fingerprint density at radius 1 is 1.33 bits per heavy atom. The van der Waals surface area contributed by atoms with Crippen LogP contribution in [-0.4, -0.2) is 60.9 Å². The number of nitrogens with zero attached hydrogens (tertiary/aromatic N) is 2. The van der Waals surface area contributed by atoms with Gasteiger partial charge in [-0.05, 0) is 37.9 Å². The molecule has 2 saturated heterocycles. The van der Waals surface area contributed by atoms with Gasteiger partial charge in [-0.2, -0.15) is 0 Å². The highest BCUT2D eigenvalue weighted by molar-refractivity contribution is 5.92. The summed E-state index contributed by atoms with van der Waals surface area (Å²) in [7, 11) is 1.61. The van der Waals surface area contributed by atoms with Gasteiger partial charge in [0.1, 0.15) is 5.75 Å². The normalized spacial score (nSPS) is 21.8. The molecule has 1 aromatic rings. The van der Waals surface area contributed by atoms with Crippen molar-refractivity contribution in [2.45, 2.75) is 31.7 Å². The lowest BCUT2D eigenvalue weighted by Gasteiger charge is -2.37. The molecule has 0 aromatic heterocycles. The molecule has 1 N–H and O–H groups in total. The molecule has 1 atom stereocenters. The van der Waals surface area contributed by atoms with Gasteiger partial charge in [-0.1, -0.05) is 6.07 Å². The van der Waals surface area contributed by atoms with Gasteiger partial charge in [-0.15, -0.1) is 0 Å². The van der Waals surface area contributed by atoms with E-state index in [0.717, 1.165) is 50.3 Å². The summed E-state index contributed by atoms with van der Waals surface area (Å²) in [5, 5.41) is 2.92. The van der Waals surface area contributed by atoms with E-state index in [1.54, 1.807) is 13.2 Å². The molecule has 0 saturated carbocycles. The molecule has 6 heteroatoms. The number of hydrogen-bond donors (Lipinski definition) is 1. The molecule has 0 radical (unpaired) electrons. The highest BCUT2D eigenvalue weighted by Gasteiger charge is 2.31. The molecule has 2 amide bonds. The van der Waals surface area contributed by atoms with Crippen LogP contribution in [0, 0.1) is 0 Å². The van der Waals surface area contributed by atoms with E-state index in [-0.39, 0.29) is 17.9 Å². The first-order valence-electron chi connectivity index (χ1n) is 8.61. The van der Waals surface area contributed by atoms with Gasteiger partial charge in [-0.3, -0.25) is 14.5 Å². The molecule has 130 valence electrons. The number of benzene rings is 1. The third-order valence-corrected chi connectivity index (χ3v) is 4.75. The minimum absolute atomic E-state index is 0.0309. The monoisotopic (exact) mass is 331 g/mol. The highest BCUT2D eigenvalue weighted by Crippen LogP contribution is 2.21. The summed E-state index contributed by atoms with van der Waals surface area (Å²) in [5.74, 6) is 0.956. The fourth-order valence-electron chi connectivity index (χ4n) is 3.59. The van der Waals surface area contributed by atoms with Crippen LogP contribution in [-0.2, 0) is 9.59 Å². The van der Waals surface area contributed by atoms with Crippen LogP contribution in [0.4, 0.5) is 5.69 Å². The van der Waals surface area contributed by atoms with Crippen LogP contribution >= 0.6 is 0 Å². The molecular weight excluding hydrogens is 306 g/mol. The van der Waals surface area contributed by atoms with Crippen molar-refractivity contribution in [3.63, 3.8) is 0 Å². The zero-order chi connectivity index (χ0) is 16.9. The Morgan fingerprint density at radius 3 is 2.96 bits per heavy atom. The molecule has 24 heavy (non-hydrogen) atoms. The van der Waals surface area contributed by atoms with Crippen molar-refractivity contribution in [3.05, 3.63) is 24.3 Å². The Morgan fingerprint density at radius 2 is 2.21 bits per heavy atom. The Hall–Kier alpha value is -2.08. The number of methoxy groups -OCH3 is 1. The van der Waals surface area contributed by atoms with Crippen molar-refractivity contribution in [2.75, 3.05) is 38.6 Å². The SMILES string of the molecule is COc1cccc(NC(=O)CN2CCCC(N3CCCC3=O)C2)c1. The summed E-state index contributed by atoms with van der Waals surface area (Å²) in [5.41, 5.74) is 0.739. The number of carbonyl (C=O) groups is 2. The number of rotatable bonds is 5. The summed E-state index contributed by atoms with van der Waals surface area (Å²) >= 11 is 0. The van der Waals surface area contributed by atoms with E-state index in [4.69, 9.17) is 4.74 Å². The van der Waals surface area contributed by atoms with E-state index >= 15 is 0 Å². The third-order valence-electron chi connectivity index (χ3n) is 4.75. The Balaban J connectivity index is 1.53. The predicted octanol–water partition coefficient (Wildman–Crippen LogP) is 1.72. The predicted molar refractivity (Wildman–Crippen MR) is 92.0 cm³/mol. The first kappa shape index (κ1) is 16.8. The summed E-state index contributed by atoms with van der Waals surface area (Å²) in [6.07, 6.45) is 3.71. The van der Waals surface area contributed by atoms with Crippen LogP contribution in [0.5, 0.6) is 5.75 Å². The molecule has 6 nitrogen and oxygen atoms in total. The first-order valence-corrected chi connectivity index (χ1v) is 8.61. The van der Waals surface area contributed by atoms with Crippen molar-refractivity contribution in [2.24, 2.45) is 0 Å². The lowest BCUT2D eigenvalue weighted by Crippen LogP contribution is -2.50. The van der Waals surface area contributed by atoms with Gasteiger partial charge >= 0.3 is 0 Å². The van der Waals surface area contributed by atoms with Crippen molar-refractivity contribution in [1.82, 2.24) is 9.80 Å². The largest absolute Gasteiger partial charge is 0.497 e. The summed E-state index contributed by atoms with van der Waals surface area (Å²) in [6.45, 7) is 2.92. The lowest BCUT2D eigenvalue weighted by molar-refractivity contribution is -0.130. The topological polar surface area (TPSA) is 61.9 Å². The second-order valence-electron chi connectivity index (χ2n) is 6.50. The summed E-state index contributed by atoms with van der Waals surface area (Å²) in [4.78, 5) is 28.4. The number of ether oxygens (including phenoxy) is 1. The lowest BCUT2D eigenvalue weighted by atomic mass is 10.0. The van der Waals surface area contributed by atoms with Crippen LogP contribution in [0.15, 0.2) is 24.3 Å². The van der Waals surface area contributed by atoms with Crippen molar-refractivity contribution >= 4 is 17.5 Å². The molecule has 2 heterocycles. The van der Waals surface area contributed by atoms with E-state index in [1.165, 1.54) is 0 Å². The molecule has 2 aliphatic heterocycles. The molecule has 2 aliphatic rings. The van der Waals surface area contributed by atoms with Crippen LogP contribution in [0.2, 0.25) is 0 Å². The van der Waals surface area contributed by atoms with Gasteiger partial charge in [0.2, 0.25) is 11.8 Å². The Kier molecular flexibility index (Phi) is 5.35. The zero-order valence-electron chi connectivity index (χ0n) is 14.2. The molecule has 1 unspecified atom stereocenters. The number of hydrogen-bond acceptors (Lipinski definition) is 4. The fourth-order valence-corrected chi connectivity index (χ4v) is 3.59. The molecular formula is C18H25N3O3. The quantitative estimate of drug-likeness (QED) is 0.892. The van der Waals surface area contributed by atoms with Gasteiger partial charge in [0.25, 0.3) is 0 Å². The number of amides is 2. The van der Waals surface area contributed by atoms with Gasteiger partial charge in [0.15, 0.2) is 0 Å². The fraction of sp³-hybridized carbons (Fsp3) is 0.556. The summed E-state index contributed by atoms with van der Waals surface area (Å²) in [6, 6.07) is 7.61. The number of likely N-dealkylation sites (tertiary alicyclic amines) is 2. The maximum atomic E-state index is 12.3. The van der Waals surface area contributed by atoms with E-state index in [2.05, 4.69) is 10.2 Å². The van der Waals surface area contributed by atoms with Crippen LogP contribution < -0.4 is 10.1 Å². The maximum Gasteiger partial charge on any atom is 0.238 e. The number of nitrogens with one attached hydrogen (secondary N) is 1. The van der Waals surface area contributed by atoms with Crippen LogP contribution in [0.25, 0.3) is 0 Å². The molecule has 0 aliphatic carbocycles. The average molecular weight is 331 g/mol. The van der Waals surface area contributed by atoms with Gasteiger partial charge in [0, 0.05) is 37.3 Å². The minimum atomic E-state index is -0.0309.